The quantitative estimate of drug-likeness (QED) is 0.488. The number of halogens is 2. The van der Waals surface area contributed by atoms with Crippen molar-refractivity contribution in [2.45, 2.75) is 18.4 Å². The third-order valence-corrected chi connectivity index (χ3v) is 6.22. The van der Waals surface area contributed by atoms with Crippen LogP contribution in [0.25, 0.3) is 0 Å². The van der Waals surface area contributed by atoms with E-state index in [2.05, 4.69) is 15.5 Å². The van der Waals surface area contributed by atoms with Gasteiger partial charge in [0.15, 0.2) is 0 Å². The maximum Gasteiger partial charge on any atom is 0.282 e. The van der Waals surface area contributed by atoms with Crippen LogP contribution in [0.1, 0.15) is 23.2 Å². The van der Waals surface area contributed by atoms with E-state index in [-0.39, 0.29) is 35.4 Å². The molecule has 0 saturated carbocycles. The van der Waals surface area contributed by atoms with E-state index < -0.39 is 16.4 Å². The fraction of sp³-hybridized carbons (Fsp3) is 0.364. The number of amides is 2. The Morgan fingerprint density at radius 2 is 1.82 bits per heavy atom. The van der Waals surface area contributed by atoms with Gasteiger partial charge in [0.2, 0.25) is 5.91 Å². The number of carbonyl (C=O) groups excluding carboxylic acids is 2. The monoisotopic (exact) mass is 477 g/mol. The molecule has 0 radical (unpaired) electrons. The van der Waals surface area contributed by atoms with E-state index in [0.29, 0.717) is 45.7 Å². The molecule has 0 aromatic heterocycles. The number of rotatable bonds is 6. The van der Waals surface area contributed by atoms with E-state index in [1.54, 1.807) is 18.2 Å². The maximum atomic E-state index is 13.3. The number of benzene rings is 2. The standard InChI is InChI=1S/C22H24FN5O4.ClH/c23-16-5-7-17(8-6-16)27-15-25-21(30)22(27)9-12-26(13-10-22)14-11-24-20(29)18-3-1-2-4-19(18)28(31)32;/h1-8H,9-15H2,(H,24,29)(H,25,30);1H. The number of carbonyl (C=O) groups is 2. The number of hydrogen-bond acceptors (Lipinski definition) is 6. The first kappa shape index (κ1) is 24.4. The predicted octanol–water partition coefficient (Wildman–Crippen LogP) is 2.31. The van der Waals surface area contributed by atoms with Gasteiger partial charge in [0.1, 0.15) is 16.9 Å². The van der Waals surface area contributed by atoms with Gasteiger partial charge in [-0.05, 0) is 43.2 Å². The van der Waals surface area contributed by atoms with Crippen molar-refractivity contribution < 1.29 is 18.9 Å². The fourth-order valence-electron chi connectivity index (χ4n) is 4.44. The number of nitrogens with zero attached hydrogens (tertiary/aromatic N) is 3. The Labute approximate surface area is 196 Å². The summed E-state index contributed by atoms with van der Waals surface area (Å²) < 4.78 is 13.3. The Kier molecular flexibility index (Phi) is 7.50. The molecule has 0 aliphatic carbocycles. The van der Waals surface area contributed by atoms with E-state index in [1.165, 1.54) is 30.3 Å². The van der Waals surface area contributed by atoms with Crippen molar-refractivity contribution in [3.63, 3.8) is 0 Å². The SMILES string of the molecule is Cl.O=C(NCCN1CCC2(CC1)C(=O)NCN2c1ccc(F)cc1)c1ccccc1[N+](=O)[O-]. The lowest BCUT2D eigenvalue weighted by atomic mass is 9.85. The van der Waals surface area contributed by atoms with Gasteiger partial charge in [0.25, 0.3) is 11.6 Å². The van der Waals surface area contributed by atoms with Crippen LogP contribution in [0, 0.1) is 15.9 Å². The number of nitro groups is 1. The summed E-state index contributed by atoms with van der Waals surface area (Å²) in [7, 11) is 0. The Morgan fingerprint density at radius 1 is 1.15 bits per heavy atom. The average molecular weight is 478 g/mol. The molecule has 9 nitrogen and oxygen atoms in total. The zero-order valence-electron chi connectivity index (χ0n) is 17.8. The van der Waals surface area contributed by atoms with E-state index in [1.807, 2.05) is 4.90 Å². The van der Waals surface area contributed by atoms with Crippen molar-refractivity contribution in [2.24, 2.45) is 0 Å². The highest BCUT2D eigenvalue weighted by atomic mass is 35.5. The van der Waals surface area contributed by atoms with Crippen LogP contribution in [-0.2, 0) is 4.79 Å². The molecule has 1 spiro atoms. The summed E-state index contributed by atoms with van der Waals surface area (Å²) in [6, 6.07) is 12.0. The van der Waals surface area contributed by atoms with Crippen LogP contribution in [0.2, 0.25) is 0 Å². The van der Waals surface area contributed by atoms with Gasteiger partial charge < -0.3 is 20.4 Å². The minimum absolute atomic E-state index is 0. The summed E-state index contributed by atoms with van der Waals surface area (Å²) in [6.45, 7) is 2.61. The lowest BCUT2D eigenvalue weighted by Gasteiger charge is -2.43. The molecule has 0 atom stereocenters. The second-order valence-electron chi connectivity index (χ2n) is 7.97. The topological polar surface area (TPSA) is 108 Å². The summed E-state index contributed by atoms with van der Waals surface area (Å²) in [5.74, 6) is -0.825. The van der Waals surface area contributed by atoms with Gasteiger partial charge in [0.05, 0.1) is 11.6 Å². The molecule has 2 aromatic carbocycles. The zero-order valence-corrected chi connectivity index (χ0v) is 18.6. The predicted molar refractivity (Wildman–Crippen MR) is 123 cm³/mol. The fourth-order valence-corrected chi connectivity index (χ4v) is 4.44. The average Bonchev–Trinajstić information content (AvgIpc) is 3.11. The minimum atomic E-state index is -0.664. The molecule has 2 aliphatic rings. The Hall–Kier alpha value is -3.24. The van der Waals surface area contributed by atoms with Gasteiger partial charge in [-0.25, -0.2) is 4.39 Å². The van der Waals surface area contributed by atoms with Crippen LogP contribution in [0.3, 0.4) is 0 Å². The first-order valence-electron chi connectivity index (χ1n) is 10.5. The molecular weight excluding hydrogens is 453 g/mol. The molecule has 11 heteroatoms. The molecule has 2 heterocycles. The van der Waals surface area contributed by atoms with Crippen LogP contribution in [0.5, 0.6) is 0 Å². The number of likely N-dealkylation sites (tertiary alicyclic amines) is 1. The summed E-state index contributed by atoms with van der Waals surface area (Å²) >= 11 is 0. The van der Waals surface area contributed by atoms with Crippen molar-refractivity contribution in [3.05, 3.63) is 70.0 Å². The molecule has 2 aromatic rings. The minimum Gasteiger partial charge on any atom is -0.351 e. The zero-order chi connectivity index (χ0) is 22.7. The van der Waals surface area contributed by atoms with Crippen molar-refractivity contribution in [3.8, 4) is 0 Å². The van der Waals surface area contributed by atoms with E-state index in [4.69, 9.17) is 0 Å². The summed E-state index contributed by atoms with van der Waals surface area (Å²) in [5.41, 5.74) is -0.0528. The Morgan fingerprint density at radius 3 is 2.48 bits per heavy atom. The van der Waals surface area contributed by atoms with Gasteiger partial charge in [-0.15, -0.1) is 12.4 Å². The molecule has 2 N–H and O–H groups in total. The summed E-state index contributed by atoms with van der Waals surface area (Å²) in [6.07, 6.45) is 1.21. The Bertz CT molecular complexity index is 1030. The molecule has 2 amide bonds. The van der Waals surface area contributed by atoms with Gasteiger partial charge in [0, 0.05) is 37.9 Å². The van der Waals surface area contributed by atoms with Gasteiger partial charge in [-0.2, -0.15) is 0 Å². The molecule has 0 bridgehead atoms. The lowest BCUT2D eigenvalue weighted by molar-refractivity contribution is -0.385. The van der Waals surface area contributed by atoms with Crippen LogP contribution >= 0.6 is 12.4 Å². The number of hydrogen-bond donors (Lipinski definition) is 2. The first-order valence-corrected chi connectivity index (χ1v) is 10.5. The molecule has 2 aliphatic heterocycles. The molecule has 0 unspecified atom stereocenters. The van der Waals surface area contributed by atoms with Gasteiger partial charge in [-0.1, -0.05) is 12.1 Å². The first-order chi connectivity index (χ1) is 15.4. The number of nitro benzene ring substituents is 1. The van der Waals surface area contributed by atoms with Crippen molar-refractivity contribution in [1.82, 2.24) is 15.5 Å². The highest BCUT2D eigenvalue weighted by Gasteiger charge is 2.50. The van der Waals surface area contributed by atoms with Crippen LogP contribution < -0.4 is 15.5 Å². The number of para-hydroxylation sites is 1. The largest absolute Gasteiger partial charge is 0.351 e. The van der Waals surface area contributed by atoms with Crippen LogP contribution in [0.4, 0.5) is 15.8 Å². The molecule has 176 valence electrons. The second kappa shape index (κ2) is 10.1. The summed E-state index contributed by atoms with van der Waals surface area (Å²) in [4.78, 5) is 39.7. The number of nitrogens with one attached hydrogen (secondary N) is 2. The molecule has 33 heavy (non-hydrogen) atoms. The molecular formula is C22H25ClFN5O4. The van der Waals surface area contributed by atoms with Gasteiger partial charge >= 0.3 is 0 Å². The van der Waals surface area contributed by atoms with Gasteiger partial charge in [-0.3, -0.25) is 19.7 Å². The van der Waals surface area contributed by atoms with Crippen LogP contribution in [-0.4, -0.2) is 60.0 Å². The van der Waals surface area contributed by atoms with Crippen molar-refractivity contribution >= 4 is 35.6 Å². The number of anilines is 1. The number of piperidine rings is 1. The second-order valence-corrected chi connectivity index (χ2v) is 7.97. The van der Waals surface area contributed by atoms with Crippen molar-refractivity contribution in [1.29, 1.82) is 0 Å². The van der Waals surface area contributed by atoms with Crippen molar-refractivity contribution in [2.75, 3.05) is 37.7 Å². The van der Waals surface area contributed by atoms with E-state index in [9.17, 15) is 24.1 Å². The van der Waals surface area contributed by atoms with E-state index >= 15 is 0 Å². The molecule has 2 fully saturated rings. The smallest absolute Gasteiger partial charge is 0.282 e. The highest BCUT2D eigenvalue weighted by Crippen LogP contribution is 2.36. The maximum absolute atomic E-state index is 13.3. The normalized spacial score (nSPS) is 17.4. The third kappa shape index (κ3) is 4.91. The highest BCUT2D eigenvalue weighted by molar-refractivity contribution is 5.98. The molecule has 4 rings (SSSR count). The van der Waals surface area contributed by atoms with E-state index in [0.717, 1.165) is 5.69 Å². The molecule has 2 saturated heterocycles. The summed E-state index contributed by atoms with van der Waals surface area (Å²) in [5, 5.41) is 16.8. The lowest BCUT2D eigenvalue weighted by Crippen LogP contribution is -2.57. The third-order valence-electron chi connectivity index (χ3n) is 6.22. The van der Waals surface area contributed by atoms with Crippen LogP contribution in [0.15, 0.2) is 48.5 Å². The Balaban J connectivity index is 0.00000306.